The molecular formula is C6F7. The standard InChI is InChI=1S/C6F7/c7-1-2(8)3(9)4(10)5(11)6(12)13. The van der Waals surface area contributed by atoms with E-state index in [0.29, 0.717) is 0 Å². The molecule has 0 saturated heterocycles. The molecule has 0 N–H and O–H groups in total. The first-order chi connectivity index (χ1) is 5.91. The quantitative estimate of drug-likeness (QED) is 0.475. The molecule has 0 saturated carbocycles. The highest BCUT2D eigenvalue weighted by molar-refractivity contribution is 5.30. The van der Waals surface area contributed by atoms with E-state index in [1.807, 2.05) is 0 Å². The van der Waals surface area contributed by atoms with Crippen LogP contribution in [0.3, 0.4) is 0 Å². The summed E-state index contributed by atoms with van der Waals surface area (Å²) < 4.78 is 81.0. The summed E-state index contributed by atoms with van der Waals surface area (Å²) in [5.41, 5.74) is 0. The van der Waals surface area contributed by atoms with Gasteiger partial charge in [0, 0.05) is 0 Å². The van der Waals surface area contributed by atoms with E-state index in [2.05, 4.69) is 0 Å². The van der Waals surface area contributed by atoms with Crippen LogP contribution in [0.1, 0.15) is 0 Å². The number of hydrogen-bond donors (Lipinski definition) is 0. The van der Waals surface area contributed by atoms with Crippen molar-refractivity contribution in [2.45, 2.75) is 0 Å². The normalized spacial score (nSPS) is 13.9. The van der Waals surface area contributed by atoms with Crippen LogP contribution >= 0.6 is 0 Å². The second-order valence-electron chi connectivity index (χ2n) is 1.61. The van der Waals surface area contributed by atoms with Gasteiger partial charge in [0.2, 0.25) is 29.6 Å². The van der Waals surface area contributed by atoms with E-state index in [1.165, 1.54) is 0 Å². The molecule has 0 atom stereocenters. The molecule has 0 rings (SSSR count). The predicted molar refractivity (Wildman–Crippen MR) is 28.6 cm³/mol. The maximum atomic E-state index is 12.0. The van der Waals surface area contributed by atoms with Gasteiger partial charge in [0.25, 0.3) is 0 Å². The summed E-state index contributed by atoms with van der Waals surface area (Å²) in [4.78, 5) is 0. The zero-order valence-corrected chi connectivity index (χ0v) is 5.65. The summed E-state index contributed by atoms with van der Waals surface area (Å²) in [6.45, 7) is 0. The van der Waals surface area contributed by atoms with Gasteiger partial charge in [-0.25, -0.2) is 17.6 Å². The lowest BCUT2D eigenvalue weighted by Gasteiger charge is -1.93. The van der Waals surface area contributed by atoms with Crippen molar-refractivity contribution in [2.75, 3.05) is 0 Å². The van der Waals surface area contributed by atoms with Crippen molar-refractivity contribution in [1.82, 2.24) is 0 Å². The van der Waals surface area contributed by atoms with E-state index in [9.17, 15) is 30.7 Å². The van der Waals surface area contributed by atoms with Crippen molar-refractivity contribution in [3.05, 3.63) is 35.7 Å². The summed E-state index contributed by atoms with van der Waals surface area (Å²) in [6.07, 6.45) is -3.20. The molecule has 1 radical (unpaired) electrons. The van der Waals surface area contributed by atoms with E-state index in [-0.39, 0.29) is 6.33 Å². The molecule has 0 fully saturated rings. The Morgan fingerprint density at radius 2 is 1.15 bits per heavy atom. The fourth-order valence-electron chi connectivity index (χ4n) is 0.317. The minimum atomic E-state index is -3.18. The van der Waals surface area contributed by atoms with Gasteiger partial charge in [0.1, 0.15) is 0 Å². The zero-order valence-electron chi connectivity index (χ0n) is 5.65. The lowest BCUT2D eigenvalue weighted by Crippen LogP contribution is -1.85. The van der Waals surface area contributed by atoms with Crippen molar-refractivity contribution >= 4 is 0 Å². The highest BCUT2D eigenvalue weighted by atomic mass is 19.3. The lowest BCUT2D eigenvalue weighted by atomic mass is 10.4. The molecule has 7 heteroatoms. The van der Waals surface area contributed by atoms with Gasteiger partial charge in [-0.3, -0.25) is 0 Å². The van der Waals surface area contributed by atoms with Gasteiger partial charge in [-0.1, -0.05) is 0 Å². The molecule has 0 aromatic rings. The van der Waals surface area contributed by atoms with Crippen LogP contribution in [0.25, 0.3) is 0 Å². The molecule has 0 spiro atoms. The molecule has 0 heterocycles. The van der Waals surface area contributed by atoms with Gasteiger partial charge >= 0.3 is 6.08 Å². The monoisotopic (exact) mass is 205 g/mol. The molecule has 73 valence electrons. The molecular weight excluding hydrogens is 205 g/mol. The van der Waals surface area contributed by atoms with Gasteiger partial charge in [0.05, 0.1) is 0 Å². The Balaban J connectivity index is 5.17. The second kappa shape index (κ2) is 4.68. The van der Waals surface area contributed by atoms with E-state index in [1.54, 1.807) is 0 Å². The van der Waals surface area contributed by atoms with Crippen LogP contribution in [0.2, 0.25) is 0 Å². The summed E-state index contributed by atoms with van der Waals surface area (Å²) in [5.74, 6) is -11.0. The first-order valence-corrected chi connectivity index (χ1v) is 2.57. The topological polar surface area (TPSA) is 0 Å². The molecule has 0 aromatic heterocycles. The minimum absolute atomic E-state index is 0.0176. The van der Waals surface area contributed by atoms with Crippen LogP contribution in [0.4, 0.5) is 30.7 Å². The van der Waals surface area contributed by atoms with Crippen molar-refractivity contribution in [2.24, 2.45) is 0 Å². The van der Waals surface area contributed by atoms with Gasteiger partial charge < -0.3 is 0 Å². The second-order valence-corrected chi connectivity index (χ2v) is 1.61. The third-order valence-electron chi connectivity index (χ3n) is 0.827. The molecule has 13 heavy (non-hydrogen) atoms. The highest BCUT2D eigenvalue weighted by Crippen LogP contribution is 2.27. The molecule has 0 amide bonds. The van der Waals surface area contributed by atoms with Crippen LogP contribution in [0.5, 0.6) is 0 Å². The van der Waals surface area contributed by atoms with Crippen LogP contribution in [-0.2, 0) is 0 Å². The van der Waals surface area contributed by atoms with Crippen LogP contribution in [-0.4, -0.2) is 0 Å². The smallest absolute Gasteiger partial charge is 0.200 e. The van der Waals surface area contributed by atoms with Crippen molar-refractivity contribution in [3.63, 3.8) is 0 Å². The van der Waals surface area contributed by atoms with Crippen molar-refractivity contribution < 1.29 is 30.7 Å². The Kier molecular flexibility index (Phi) is 4.22. The average Bonchev–Trinajstić information content (AvgIpc) is 2.12. The average molecular weight is 205 g/mol. The Morgan fingerprint density at radius 1 is 0.692 bits per heavy atom. The number of allylic oxidation sites excluding steroid dienone is 4. The van der Waals surface area contributed by atoms with Crippen molar-refractivity contribution in [3.8, 4) is 0 Å². The molecule has 0 aliphatic rings. The number of hydrogen-bond acceptors (Lipinski definition) is 0. The summed E-state index contributed by atoms with van der Waals surface area (Å²) in [5, 5.41) is 0. The largest absolute Gasteiger partial charge is 0.308 e. The van der Waals surface area contributed by atoms with E-state index in [4.69, 9.17) is 0 Å². The molecule has 0 aliphatic carbocycles. The highest BCUT2D eigenvalue weighted by Gasteiger charge is 2.20. The lowest BCUT2D eigenvalue weighted by molar-refractivity contribution is 0.364. The van der Waals surface area contributed by atoms with E-state index < -0.39 is 29.4 Å². The maximum Gasteiger partial charge on any atom is 0.308 e. The van der Waals surface area contributed by atoms with Gasteiger partial charge in [-0.15, -0.1) is 0 Å². The summed E-state index contributed by atoms with van der Waals surface area (Å²) in [6, 6.07) is 0. The van der Waals surface area contributed by atoms with Gasteiger partial charge in [0.15, 0.2) is 0 Å². The molecule has 0 aliphatic heterocycles. The third-order valence-corrected chi connectivity index (χ3v) is 0.827. The molecule has 0 bridgehead atoms. The van der Waals surface area contributed by atoms with Crippen LogP contribution in [0.15, 0.2) is 29.4 Å². The first-order valence-electron chi connectivity index (χ1n) is 2.57. The predicted octanol–water partition coefficient (Wildman–Crippen LogP) is 3.80. The van der Waals surface area contributed by atoms with Crippen LogP contribution in [0, 0.1) is 6.33 Å². The Hall–Kier alpha value is -1.27. The van der Waals surface area contributed by atoms with Gasteiger partial charge in [-0.05, 0) is 0 Å². The Bertz CT molecular complexity index is 281. The molecule has 0 nitrogen and oxygen atoms in total. The summed E-state index contributed by atoms with van der Waals surface area (Å²) >= 11 is 0. The Labute approximate surface area is 67.7 Å². The third kappa shape index (κ3) is 2.92. The summed E-state index contributed by atoms with van der Waals surface area (Å²) in [7, 11) is 0. The van der Waals surface area contributed by atoms with E-state index >= 15 is 0 Å². The number of rotatable bonds is 2. The zero-order chi connectivity index (χ0) is 10.6. The number of halogens is 7. The fourth-order valence-corrected chi connectivity index (χ4v) is 0.317. The molecule has 0 aromatic carbocycles. The Morgan fingerprint density at radius 3 is 1.46 bits per heavy atom. The minimum Gasteiger partial charge on any atom is -0.200 e. The van der Waals surface area contributed by atoms with E-state index in [0.717, 1.165) is 0 Å². The maximum absolute atomic E-state index is 12.0. The van der Waals surface area contributed by atoms with Gasteiger partial charge in [-0.2, -0.15) is 13.2 Å². The van der Waals surface area contributed by atoms with Crippen molar-refractivity contribution in [1.29, 1.82) is 0 Å². The first kappa shape index (κ1) is 11.7. The molecule has 0 unspecified atom stereocenters. The SMILES string of the molecule is F[C]=C(F)C(F)=C(F)C(F)=C(F)F. The van der Waals surface area contributed by atoms with Crippen LogP contribution < -0.4 is 0 Å². The fraction of sp³-hybridized carbons (Fsp3) is 0.